The van der Waals surface area contributed by atoms with Gasteiger partial charge in [0.15, 0.2) is 0 Å². The molecule has 0 aliphatic carbocycles. The van der Waals surface area contributed by atoms with E-state index in [0.717, 1.165) is 0 Å². The number of rotatable bonds is 4. The zero-order valence-corrected chi connectivity index (χ0v) is 11.4. The third-order valence-corrected chi connectivity index (χ3v) is 1.59. The minimum Gasteiger partial charge on any atom is -0.393 e. The van der Waals surface area contributed by atoms with Gasteiger partial charge in [0, 0.05) is 12.8 Å². The second kappa shape index (κ2) is 7.22. The number of hydrogen-bond donors (Lipinski definition) is 4. The average molecular weight is 236 g/mol. The summed E-state index contributed by atoms with van der Waals surface area (Å²) < 4.78 is 0. The Balaban J connectivity index is 0. The van der Waals surface area contributed by atoms with Crippen LogP contribution < -0.4 is 0 Å². The van der Waals surface area contributed by atoms with Crippen molar-refractivity contribution in [3.8, 4) is 0 Å². The molecular formula is C12H28O4. The molecule has 0 fully saturated rings. The Bertz CT molecular complexity index is 143. The molecule has 0 aromatic carbocycles. The van der Waals surface area contributed by atoms with Gasteiger partial charge in [0.2, 0.25) is 0 Å². The molecule has 0 aliphatic heterocycles. The fourth-order valence-electron chi connectivity index (χ4n) is 1.45. The highest BCUT2D eigenvalue weighted by Gasteiger charge is 2.15. The van der Waals surface area contributed by atoms with Crippen LogP contribution in [0.2, 0.25) is 0 Å². The van der Waals surface area contributed by atoms with Gasteiger partial charge in [0.05, 0.1) is 23.4 Å². The quantitative estimate of drug-likeness (QED) is 0.588. The summed E-state index contributed by atoms with van der Waals surface area (Å²) >= 11 is 0. The zero-order chi connectivity index (χ0) is 13.6. The maximum Gasteiger partial charge on any atom is 0.0616 e. The highest BCUT2D eigenvalue weighted by Crippen LogP contribution is 2.09. The molecule has 0 saturated heterocycles. The van der Waals surface area contributed by atoms with E-state index in [-0.39, 0.29) is 0 Å². The Labute approximate surface area is 98.9 Å². The molecule has 0 aromatic rings. The highest BCUT2D eigenvalue weighted by molar-refractivity contribution is 4.67. The van der Waals surface area contributed by atoms with Crippen molar-refractivity contribution in [1.29, 1.82) is 0 Å². The van der Waals surface area contributed by atoms with E-state index in [1.54, 1.807) is 41.5 Å². The van der Waals surface area contributed by atoms with Gasteiger partial charge >= 0.3 is 0 Å². The van der Waals surface area contributed by atoms with Crippen molar-refractivity contribution in [3.63, 3.8) is 0 Å². The van der Waals surface area contributed by atoms with Crippen LogP contribution in [-0.4, -0.2) is 43.8 Å². The molecular weight excluding hydrogens is 208 g/mol. The molecule has 2 atom stereocenters. The van der Waals surface area contributed by atoms with E-state index in [2.05, 4.69) is 0 Å². The molecule has 0 heterocycles. The van der Waals surface area contributed by atoms with Crippen LogP contribution in [0, 0.1) is 0 Å². The molecule has 0 amide bonds. The first-order chi connectivity index (χ1) is 6.83. The van der Waals surface area contributed by atoms with Crippen LogP contribution in [0.4, 0.5) is 0 Å². The van der Waals surface area contributed by atoms with Crippen LogP contribution in [-0.2, 0) is 0 Å². The predicted molar refractivity (Wildman–Crippen MR) is 65.2 cm³/mol. The molecule has 0 radical (unpaired) electrons. The molecule has 0 rings (SSSR count). The molecule has 4 heteroatoms. The first-order valence-corrected chi connectivity index (χ1v) is 5.64. The van der Waals surface area contributed by atoms with Gasteiger partial charge in [-0.15, -0.1) is 0 Å². The van der Waals surface area contributed by atoms with E-state index in [4.69, 9.17) is 20.4 Å². The molecule has 100 valence electrons. The predicted octanol–water partition coefficient (Wildman–Crippen LogP) is 1.06. The lowest BCUT2D eigenvalue weighted by Crippen LogP contribution is -2.24. The van der Waals surface area contributed by atoms with Crippen LogP contribution >= 0.6 is 0 Å². The van der Waals surface area contributed by atoms with E-state index in [1.165, 1.54) is 0 Å². The lowest BCUT2D eigenvalue weighted by Gasteiger charge is -2.18. The van der Waals surface area contributed by atoms with E-state index in [9.17, 15) is 0 Å². The van der Waals surface area contributed by atoms with Gasteiger partial charge in [-0.3, -0.25) is 0 Å². The molecule has 4 N–H and O–H groups in total. The summed E-state index contributed by atoms with van der Waals surface area (Å²) in [6, 6.07) is 0. The van der Waals surface area contributed by atoms with Crippen LogP contribution in [0.3, 0.4) is 0 Å². The van der Waals surface area contributed by atoms with Crippen molar-refractivity contribution >= 4 is 0 Å². The van der Waals surface area contributed by atoms with Crippen molar-refractivity contribution < 1.29 is 20.4 Å². The summed E-state index contributed by atoms with van der Waals surface area (Å²) in [5.74, 6) is 0. The maximum absolute atomic E-state index is 9.03. The van der Waals surface area contributed by atoms with Gasteiger partial charge in [-0.25, -0.2) is 0 Å². The molecule has 0 bridgehead atoms. The number of aliphatic hydroxyl groups is 4. The molecule has 0 aliphatic rings. The Kier molecular flexibility index (Phi) is 8.22. The van der Waals surface area contributed by atoms with Gasteiger partial charge < -0.3 is 20.4 Å². The van der Waals surface area contributed by atoms with Crippen LogP contribution in [0.5, 0.6) is 0 Å². The van der Waals surface area contributed by atoms with Crippen LogP contribution in [0.25, 0.3) is 0 Å². The second-order valence-corrected chi connectivity index (χ2v) is 5.73. The second-order valence-electron chi connectivity index (χ2n) is 5.73. The van der Waals surface area contributed by atoms with Gasteiger partial charge in [-0.2, -0.15) is 0 Å². The van der Waals surface area contributed by atoms with Gasteiger partial charge in [0.1, 0.15) is 0 Å². The van der Waals surface area contributed by atoms with E-state index < -0.39 is 23.4 Å². The number of hydrogen-bond acceptors (Lipinski definition) is 4. The van der Waals surface area contributed by atoms with Crippen molar-refractivity contribution in [2.45, 2.75) is 77.8 Å². The van der Waals surface area contributed by atoms with E-state index in [1.807, 2.05) is 0 Å². The van der Waals surface area contributed by atoms with Crippen LogP contribution in [0.1, 0.15) is 54.4 Å². The third-order valence-electron chi connectivity index (χ3n) is 1.59. The molecule has 2 unspecified atom stereocenters. The van der Waals surface area contributed by atoms with E-state index >= 15 is 0 Å². The Morgan fingerprint density at radius 1 is 0.750 bits per heavy atom. The minimum absolute atomic E-state index is 0.407. The Morgan fingerprint density at radius 2 is 0.938 bits per heavy atom. The van der Waals surface area contributed by atoms with E-state index in [0.29, 0.717) is 12.8 Å². The normalized spacial score (nSPS) is 16.1. The minimum atomic E-state index is -0.728. The Morgan fingerprint density at radius 3 is 0.938 bits per heavy atom. The fraction of sp³-hybridized carbons (Fsp3) is 1.00. The molecule has 16 heavy (non-hydrogen) atoms. The summed E-state index contributed by atoms with van der Waals surface area (Å²) in [7, 11) is 0. The van der Waals surface area contributed by atoms with Crippen molar-refractivity contribution in [2.24, 2.45) is 0 Å². The highest BCUT2D eigenvalue weighted by atomic mass is 16.3. The summed E-state index contributed by atoms with van der Waals surface area (Å²) in [5, 5.41) is 35.5. The summed E-state index contributed by atoms with van der Waals surface area (Å²) in [5.41, 5.74) is -1.46. The zero-order valence-electron chi connectivity index (χ0n) is 11.4. The first kappa shape index (κ1) is 18.2. The monoisotopic (exact) mass is 236 g/mol. The summed E-state index contributed by atoms with van der Waals surface area (Å²) in [6.07, 6.45) is 0.0602. The molecule has 0 saturated carbocycles. The van der Waals surface area contributed by atoms with Crippen molar-refractivity contribution in [2.75, 3.05) is 0 Å². The lowest BCUT2D eigenvalue weighted by atomic mass is 10.0. The molecule has 0 spiro atoms. The smallest absolute Gasteiger partial charge is 0.0616 e. The lowest BCUT2D eigenvalue weighted by molar-refractivity contribution is 0.0238. The molecule has 0 aromatic heterocycles. The summed E-state index contributed by atoms with van der Waals surface area (Å²) in [6.45, 7) is 10.1. The fourth-order valence-corrected chi connectivity index (χ4v) is 1.45. The Hall–Kier alpha value is -0.160. The largest absolute Gasteiger partial charge is 0.393 e. The number of aliphatic hydroxyl groups excluding tert-OH is 2. The van der Waals surface area contributed by atoms with Crippen molar-refractivity contribution in [3.05, 3.63) is 0 Å². The maximum atomic E-state index is 9.03. The van der Waals surface area contributed by atoms with Crippen LogP contribution in [0.15, 0.2) is 0 Å². The van der Waals surface area contributed by atoms with Crippen molar-refractivity contribution in [1.82, 2.24) is 0 Å². The van der Waals surface area contributed by atoms with Gasteiger partial charge in [-0.1, -0.05) is 0 Å². The standard InChI is InChI=1S/2C6H14O2/c2*1-5(7)4-6(2,3)8/h2*5,7-8H,4H2,1-3H3. The van der Waals surface area contributed by atoms with Gasteiger partial charge in [0.25, 0.3) is 0 Å². The third kappa shape index (κ3) is 23.6. The molecule has 4 nitrogen and oxygen atoms in total. The summed E-state index contributed by atoms with van der Waals surface area (Å²) in [4.78, 5) is 0. The topological polar surface area (TPSA) is 80.9 Å². The first-order valence-electron chi connectivity index (χ1n) is 5.64. The average Bonchev–Trinajstić information content (AvgIpc) is 1.72. The SMILES string of the molecule is CC(O)CC(C)(C)O.CC(O)CC(C)(C)O. The van der Waals surface area contributed by atoms with Gasteiger partial charge in [-0.05, 0) is 41.5 Å².